The third kappa shape index (κ3) is 4.99. The highest BCUT2D eigenvalue weighted by Crippen LogP contribution is 2.35. The molecule has 0 aromatic rings. The summed E-state index contributed by atoms with van der Waals surface area (Å²) in [5.41, 5.74) is -5.39. The van der Waals surface area contributed by atoms with Gasteiger partial charge < -0.3 is 0 Å². The first kappa shape index (κ1) is 13.4. The summed E-state index contributed by atoms with van der Waals surface area (Å²) in [7, 11) is -5.52. The summed E-state index contributed by atoms with van der Waals surface area (Å²) in [5, 5.41) is 0. The van der Waals surface area contributed by atoms with E-state index in [4.69, 9.17) is 0 Å². The molecular weight excluding hydrogens is 249 g/mol. The van der Waals surface area contributed by atoms with Gasteiger partial charge in [-0.3, -0.25) is 0 Å². The SMILES string of the molecule is CC(C)(S)SOS(=O)(=O)C(F)(F)F. The molecule has 0 radical (unpaired) electrons. The molecule has 0 saturated heterocycles. The fourth-order valence-corrected chi connectivity index (χ4v) is 1.77. The van der Waals surface area contributed by atoms with Crippen LogP contribution in [0.5, 0.6) is 0 Å². The average molecular weight is 256 g/mol. The molecule has 0 aliphatic carbocycles. The van der Waals surface area contributed by atoms with Crippen molar-refractivity contribution in [2.45, 2.75) is 23.4 Å². The molecule has 0 heterocycles. The van der Waals surface area contributed by atoms with E-state index in [2.05, 4.69) is 16.3 Å². The van der Waals surface area contributed by atoms with Gasteiger partial charge in [0, 0.05) is 12.0 Å². The molecule has 9 heteroatoms. The van der Waals surface area contributed by atoms with E-state index < -0.39 is 19.7 Å². The molecule has 0 N–H and O–H groups in total. The maximum Gasteiger partial charge on any atom is 0.524 e. The molecule has 0 aromatic carbocycles. The normalized spacial score (nSPS) is 14.6. The van der Waals surface area contributed by atoms with E-state index in [-0.39, 0.29) is 12.0 Å². The molecule has 0 atom stereocenters. The summed E-state index contributed by atoms with van der Waals surface area (Å²) in [5.74, 6) is 0. The Morgan fingerprint density at radius 2 is 1.69 bits per heavy atom. The predicted molar refractivity (Wildman–Crippen MR) is 46.7 cm³/mol. The minimum atomic E-state index is -5.52. The highest BCUT2D eigenvalue weighted by Gasteiger charge is 2.48. The Hall–Kier alpha value is 0.400. The lowest BCUT2D eigenvalue weighted by Gasteiger charge is -2.15. The van der Waals surface area contributed by atoms with Crippen LogP contribution >= 0.6 is 24.7 Å². The number of hydrogen-bond acceptors (Lipinski definition) is 5. The highest BCUT2D eigenvalue weighted by atomic mass is 32.3. The van der Waals surface area contributed by atoms with Gasteiger partial charge in [-0.05, 0) is 13.8 Å². The summed E-state index contributed by atoms with van der Waals surface area (Å²) in [6.45, 7) is 2.79. The Kier molecular flexibility index (Phi) is 3.99. The lowest BCUT2D eigenvalue weighted by molar-refractivity contribution is -0.0494. The van der Waals surface area contributed by atoms with Crippen molar-refractivity contribution in [2.24, 2.45) is 0 Å². The third-order valence-corrected chi connectivity index (χ3v) is 2.80. The molecule has 0 aliphatic heterocycles. The Labute approximate surface area is 83.8 Å². The van der Waals surface area contributed by atoms with Gasteiger partial charge in [0.15, 0.2) is 0 Å². The van der Waals surface area contributed by atoms with Crippen LogP contribution in [0.2, 0.25) is 0 Å². The van der Waals surface area contributed by atoms with Gasteiger partial charge in [-0.1, -0.05) is 0 Å². The Bertz CT molecular complexity index is 263. The van der Waals surface area contributed by atoms with E-state index in [0.717, 1.165) is 0 Å². The van der Waals surface area contributed by atoms with Crippen LogP contribution in [-0.2, 0) is 13.7 Å². The van der Waals surface area contributed by atoms with Crippen molar-refractivity contribution >= 4 is 34.8 Å². The second-order valence-corrected chi connectivity index (χ2v) is 7.02. The van der Waals surface area contributed by atoms with Crippen LogP contribution in [0.15, 0.2) is 0 Å². The number of thiol groups is 1. The third-order valence-electron chi connectivity index (χ3n) is 0.611. The van der Waals surface area contributed by atoms with E-state index in [1.807, 2.05) is 0 Å². The summed E-state index contributed by atoms with van der Waals surface area (Å²) in [6.07, 6.45) is 0. The second-order valence-electron chi connectivity index (χ2n) is 2.50. The average Bonchev–Trinajstić information content (AvgIpc) is 1.79. The molecule has 13 heavy (non-hydrogen) atoms. The quantitative estimate of drug-likeness (QED) is 0.364. The standard InChI is InChI=1S/C4H7F3O3S3/c1-3(2,11)12-10-13(8,9)4(5,6)7/h11H,1-2H3. The lowest BCUT2D eigenvalue weighted by Crippen LogP contribution is -2.24. The van der Waals surface area contributed by atoms with Gasteiger partial charge in [0.1, 0.15) is 0 Å². The van der Waals surface area contributed by atoms with Crippen LogP contribution < -0.4 is 0 Å². The molecule has 0 saturated carbocycles. The molecule has 0 rings (SSSR count). The van der Waals surface area contributed by atoms with E-state index in [1.54, 1.807) is 0 Å². The van der Waals surface area contributed by atoms with E-state index in [9.17, 15) is 21.6 Å². The van der Waals surface area contributed by atoms with Crippen molar-refractivity contribution in [3.63, 3.8) is 0 Å². The van der Waals surface area contributed by atoms with Crippen LogP contribution in [-0.4, -0.2) is 18.0 Å². The summed E-state index contributed by atoms with van der Waals surface area (Å²) >= 11 is 3.89. The molecule has 0 aliphatic rings. The highest BCUT2D eigenvalue weighted by molar-refractivity contribution is 8.13. The summed E-state index contributed by atoms with van der Waals surface area (Å²) in [4.78, 5) is 0. The van der Waals surface area contributed by atoms with Crippen molar-refractivity contribution in [3.8, 4) is 0 Å². The zero-order valence-corrected chi connectivity index (χ0v) is 9.15. The molecule has 0 amide bonds. The van der Waals surface area contributed by atoms with Crippen molar-refractivity contribution in [3.05, 3.63) is 0 Å². The molecule has 0 bridgehead atoms. The van der Waals surface area contributed by atoms with Crippen molar-refractivity contribution < 1.29 is 25.2 Å². The van der Waals surface area contributed by atoms with Gasteiger partial charge in [0.2, 0.25) is 0 Å². The Morgan fingerprint density at radius 1 is 1.31 bits per heavy atom. The summed E-state index contributed by atoms with van der Waals surface area (Å²) in [6, 6.07) is 0. The van der Waals surface area contributed by atoms with Gasteiger partial charge in [0.25, 0.3) is 0 Å². The number of hydrogen-bond donors (Lipinski definition) is 1. The van der Waals surface area contributed by atoms with Gasteiger partial charge in [0.05, 0.1) is 4.08 Å². The van der Waals surface area contributed by atoms with Crippen LogP contribution in [0.25, 0.3) is 0 Å². The predicted octanol–water partition coefficient (Wildman–Crippen LogP) is 2.17. The first-order valence-electron chi connectivity index (χ1n) is 2.87. The largest absolute Gasteiger partial charge is 0.524 e. The fraction of sp³-hybridized carbons (Fsp3) is 1.00. The summed E-state index contributed by atoms with van der Waals surface area (Å²) < 4.78 is 58.2. The molecule has 3 nitrogen and oxygen atoms in total. The van der Waals surface area contributed by atoms with Crippen LogP contribution in [0, 0.1) is 0 Å². The monoisotopic (exact) mass is 256 g/mol. The molecule has 0 aromatic heterocycles. The molecule has 0 spiro atoms. The molecular formula is C4H7F3O3S3. The van der Waals surface area contributed by atoms with Crippen molar-refractivity contribution in [2.75, 3.05) is 0 Å². The van der Waals surface area contributed by atoms with Gasteiger partial charge in [-0.25, -0.2) is 0 Å². The van der Waals surface area contributed by atoms with Crippen LogP contribution in [0.1, 0.15) is 13.8 Å². The van der Waals surface area contributed by atoms with Crippen molar-refractivity contribution in [1.82, 2.24) is 0 Å². The van der Waals surface area contributed by atoms with Crippen LogP contribution in [0.3, 0.4) is 0 Å². The number of halogens is 3. The molecule has 0 fully saturated rings. The Balaban J connectivity index is 4.40. The topological polar surface area (TPSA) is 43.4 Å². The zero-order chi connectivity index (χ0) is 10.9. The maximum atomic E-state index is 11.7. The number of alkyl halides is 3. The smallest absolute Gasteiger partial charge is 0.190 e. The van der Waals surface area contributed by atoms with Crippen LogP contribution in [0.4, 0.5) is 13.2 Å². The zero-order valence-electron chi connectivity index (χ0n) is 6.62. The molecule has 0 unspecified atom stereocenters. The van der Waals surface area contributed by atoms with Gasteiger partial charge >= 0.3 is 15.6 Å². The minimum Gasteiger partial charge on any atom is -0.190 e. The fourth-order valence-electron chi connectivity index (χ4n) is 0.167. The number of rotatable bonds is 3. The first-order chi connectivity index (χ1) is 5.46. The Morgan fingerprint density at radius 3 is 1.92 bits per heavy atom. The van der Waals surface area contributed by atoms with E-state index in [1.165, 1.54) is 13.8 Å². The van der Waals surface area contributed by atoms with Gasteiger partial charge in [-0.15, -0.1) is 0 Å². The lowest BCUT2D eigenvalue weighted by atomic mass is 10.5. The van der Waals surface area contributed by atoms with Crippen molar-refractivity contribution in [1.29, 1.82) is 0 Å². The van der Waals surface area contributed by atoms with E-state index >= 15 is 0 Å². The molecule has 80 valence electrons. The maximum absolute atomic E-state index is 11.7. The first-order valence-corrected chi connectivity index (χ1v) is 5.46. The van der Waals surface area contributed by atoms with E-state index in [0.29, 0.717) is 0 Å². The van der Waals surface area contributed by atoms with Gasteiger partial charge in [-0.2, -0.15) is 37.8 Å². The minimum absolute atomic E-state index is 0.124. The second kappa shape index (κ2) is 3.87.